The molecule has 3 rings (SSSR count). The lowest BCUT2D eigenvalue weighted by molar-refractivity contribution is 0.151. The van der Waals surface area contributed by atoms with Crippen molar-refractivity contribution in [1.82, 2.24) is 14.5 Å². The topological polar surface area (TPSA) is 84.2 Å². The number of aliphatic hydroxyl groups excluding tert-OH is 1. The number of halogens is 1. The summed E-state index contributed by atoms with van der Waals surface area (Å²) in [4.78, 5) is 0. The van der Waals surface area contributed by atoms with Crippen LogP contribution < -0.4 is 4.72 Å². The van der Waals surface area contributed by atoms with Crippen molar-refractivity contribution in [3.8, 4) is 0 Å². The van der Waals surface area contributed by atoms with E-state index in [9.17, 15) is 13.5 Å². The Morgan fingerprint density at radius 2 is 2.14 bits per heavy atom. The van der Waals surface area contributed by atoms with Gasteiger partial charge in [-0.25, -0.2) is 8.42 Å². The fourth-order valence-electron chi connectivity index (χ4n) is 2.64. The maximum absolute atomic E-state index is 12.5. The highest BCUT2D eigenvalue weighted by atomic mass is 35.5. The second kappa shape index (κ2) is 5.10. The quantitative estimate of drug-likeness (QED) is 0.881. The molecule has 0 aliphatic heterocycles. The Morgan fingerprint density at radius 3 is 2.81 bits per heavy atom. The van der Waals surface area contributed by atoms with Crippen LogP contribution in [-0.2, 0) is 23.5 Å². The van der Waals surface area contributed by atoms with E-state index in [2.05, 4.69) is 9.82 Å². The number of fused-ring (bicyclic) bond motifs is 1. The molecule has 0 unspecified atom stereocenters. The molecule has 0 saturated heterocycles. The lowest BCUT2D eigenvalue weighted by Crippen LogP contribution is -2.35. The summed E-state index contributed by atoms with van der Waals surface area (Å²) in [5.41, 5.74) is 1.72. The fourth-order valence-corrected chi connectivity index (χ4v) is 4.55. The van der Waals surface area contributed by atoms with E-state index in [1.54, 1.807) is 0 Å². The number of nitrogens with zero attached hydrogens (tertiary/aromatic N) is 2. The first-order valence-corrected chi connectivity index (χ1v) is 8.22. The van der Waals surface area contributed by atoms with Crippen LogP contribution in [-0.4, -0.2) is 29.4 Å². The van der Waals surface area contributed by atoms with Gasteiger partial charge in [0.1, 0.15) is 0 Å². The first-order valence-electron chi connectivity index (χ1n) is 6.36. The van der Waals surface area contributed by atoms with E-state index in [4.69, 9.17) is 11.6 Å². The number of aryl methyl sites for hydroxylation is 1. The van der Waals surface area contributed by atoms with Gasteiger partial charge in [-0.05, 0) is 11.1 Å². The number of sulfonamides is 1. The van der Waals surface area contributed by atoms with Crippen molar-refractivity contribution in [1.29, 1.82) is 0 Å². The Kier molecular flexibility index (Phi) is 3.53. The zero-order valence-corrected chi connectivity index (χ0v) is 12.8. The summed E-state index contributed by atoms with van der Waals surface area (Å²) >= 11 is 5.89. The molecule has 2 aromatic rings. The van der Waals surface area contributed by atoms with E-state index in [1.165, 1.54) is 17.9 Å². The molecule has 8 heteroatoms. The standard InChI is InChI=1S/C13H14ClN3O3S/c1-17-13(10(14)7-15-17)21(19,20)16-12-9-5-3-2-4-8(9)6-11(12)18/h2-5,7,11-12,16,18H,6H2,1H3/t11-,12+/m1/s1. The van der Waals surface area contributed by atoms with Crippen LogP contribution in [0.1, 0.15) is 17.2 Å². The summed E-state index contributed by atoms with van der Waals surface area (Å²) in [5.74, 6) is 0. The maximum Gasteiger partial charge on any atom is 0.259 e. The zero-order valence-electron chi connectivity index (χ0n) is 11.2. The Balaban J connectivity index is 1.97. The zero-order chi connectivity index (χ0) is 15.2. The van der Waals surface area contributed by atoms with Gasteiger partial charge >= 0.3 is 0 Å². The van der Waals surface area contributed by atoms with Gasteiger partial charge in [0.2, 0.25) is 0 Å². The molecule has 0 fully saturated rings. The molecule has 6 nitrogen and oxygen atoms in total. The molecule has 0 spiro atoms. The van der Waals surface area contributed by atoms with Crippen molar-refractivity contribution in [2.45, 2.75) is 23.6 Å². The summed E-state index contributed by atoms with van der Waals surface area (Å²) in [5, 5.41) is 13.9. The van der Waals surface area contributed by atoms with Crippen molar-refractivity contribution < 1.29 is 13.5 Å². The van der Waals surface area contributed by atoms with E-state index in [0.717, 1.165) is 11.1 Å². The second-order valence-corrected chi connectivity index (χ2v) is 7.03. The monoisotopic (exact) mass is 327 g/mol. The fraction of sp³-hybridized carbons (Fsp3) is 0.308. The number of benzene rings is 1. The number of aromatic nitrogens is 2. The van der Waals surface area contributed by atoms with E-state index in [-0.39, 0.29) is 10.0 Å². The second-order valence-electron chi connectivity index (χ2n) is 4.99. The van der Waals surface area contributed by atoms with Crippen LogP contribution in [0.25, 0.3) is 0 Å². The van der Waals surface area contributed by atoms with Crippen molar-refractivity contribution in [3.63, 3.8) is 0 Å². The molecule has 21 heavy (non-hydrogen) atoms. The highest BCUT2D eigenvalue weighted by molar-refractivity contribution is 7.89. The Labute approximate surface area is 127 Å². The third-order valence-corrected chi connectivity index (χ3v) is 5.53. The van der Waals surface area contributed by atoms with Gasteiger partial charge in [0.25, 0.3) is 10.0 Å². The smallest absolute Gasteiger partial charge is 0.259 e. The number of hydrogen-bond donors (Lipinski definition) is 2. The van der Waals surface area contributed by atoms with Crippen LogP contribution >= 0.6 is 11.6 Å². The Hall–Kier alpha value is -1.41. The minimum atomic E-state index is -3.88. The maximum atomic E-state index is 12.5. The van der Waals surface area contributed by atoms with Gasteiger partial charge in [-0.15, -0.1) is 0 Å². The number of aliphatic hydroxyl groups is 1. The predicted molar refractivity (Wildman–Crippen MR) is 77.4 cm³/mol. The summed E-state index contributed by atoms with van der Waals surface area (Å²) < 4.78 is 28.7. The van der Waals surface area contributed by atoms with Gasteiger partial charge in [0.15, 0.2) is 5.03 Å². The normalized spacial score (nSPS) is 21.5. The average Bonchev–Trinajstić information content (AvgIpc) is 2.91. The minimum absolute atomic E-state index is 0.0470. The molecule has 2 N–H and O–H groups in total. The average molecular weight is 328 g/mol. The summed E-state index contributed by atoms with van der Waals surface area (Å²) in [7, 11) is -2.38. The molecular weight excluding hydrogens is 314 g/mol. The van der Waals surface area contributed by atoms with Crippen molar-refractivity contribution >= 4 is 21.6 Å². The molecule has 112 valence electrons. The van der Waals surface area contributed by atoms with E-state index in [1.807, 2.05) is 24.3 Å². The third kappa shape index (κ3) is 2.46. The van der Waals surface area contributed by atoms with Crippen molar-refractivity contribution in [2.75, 3.05) is 0 Å². The lowest BCUT2D eigenvalue weighted by Gasteiger charge is -2.18. The Bertz CT molecular complexity index is 768. The Morgan fingerprint density at radius 1 is 1.43 bits per heavy atom. The first kappa shape index (κ1) is 14.5. The van der Waals surface area contributed by atoms with Gasteiger partial charge in [0, 0.05) is 13.5 Å². The lowest BCUT2D eigenvalue weighted by atomic mass is 10.1. The minimum Gasteiger partial charge on any atom is -0.391 e. The number of rotatable bonds is 3. The summed E-state index contributed by atoms with van der Waals surface area (Å²) in [6.45, 7) is 0. The third-order valence-electron chi connectivity index (χ3n) is 3.58. The van der Waals surface area contributed by atoms with Crippen molar-refractivity contribution in [2.24, 2.45) is 7.05 Å². The largest absolute Gasteiger partial charge is 0.391 e. The SMILES string of the molecule is Cn1ncc(Cl)c1S(=O)(=O)N[C@H]1c2ccccc2C[C@H]1O. The van der Waals surface area contributed by atoms with Crippen LogP contribution in [0, 0.1) is 0 Å². The molecule has 0 bridgehead atoms. The van der Waals surface area contributed by atoms with Gasteiger partial charge < -0.3 is 5.11 Å². The molecule has 0 saturated carbocycles. The molecule has 1 heterocycles. The molecule has 1 aromatic carbocycles. The molecule has 1 aromatic heterocycles. The molecule has 1 aliphatic carbocycles. The van der Waals surface area contributed by atoms with E-state index < -0.39 is 22.2 Å². The molecule has 1 aliphatic rings. The van der Waals surface area contributed by atoms with Gasteiger partial charge in [0.05, 0.1) is 23.4 Å². The predicted octanol–water partition coefficient (Wildman–Crippen LogP) is 1.01. The first-order chi connectivity index (χ1) is 9.90. The summed E-state index contributed by atoms with van der Waals surface area (Å²) in [6.07, 6.45) is 0.890. The molecular formula is C13H14ClN3O3S. The van der Waals surface area contributed by atoms with Crippen LogP contribution in [0.4, 0.5) is 0 Å². The van der Waals surface area contributed by atoms with Crippen LogP contribution in [0.15, 0.2) is 35.5 Å². The summed E-state index contributed by atoms with van der Waals surface area (Å²) in [6, 6.07) is 6.68. The van der Waals surface area contributed by atoms with Crippen LogP contribution in [0.2, 0.25) is 5.02 Å². The highest BCUT2D eigenvalue weighted by Crippen LogP contribution is 2.33. The van der Waals surface area contributed by atoms with Gasteiger partial charge in [-0.2, -0.15) is 9.82 Å². The van der Waals surface area contributed by atoms with Gasteiger partial charge in [-0.1, -0.05) is 35.9 Å². The molecule has 0 amide bonds. The number of hydrogen-bond acceptors (Lipinski definition) is 4. The van der Waals surface area contributed by atoms with Crippen LogP contribution in [0.5, 0.6) is 0 Å². The van der Waals surface area contributed by atoms with Gasteiger partial charge in [-0.3, -0.25) is 4.68 Å². The number of nitrogens with one attached hydrogen (secondary N) is 1. The van der Waals surface area contributed by atoms with Crippen molar-refractivity contribution in [3.05, 3.63) is 46.6 Å². The van der Waals surface area contributed by atoms with Crippen LogP contribution in [0.3, 0.4) is 0 Å². The molecule has 2 atom stereocenters. The highest BCUT2D eigenvalue weighted by Gasteiger charge is 2.35. The van der Waals surface area contributed by atoms with E-state index in [0.29, 0.717) is 6.42 Å². The van der Waals surface area contributed by atoms with E-state index >= 15 is 0 Å². The molecule has 0 radical (unpaired) electrons.